The van der Waals surface area contributed by atoms with Crippen LogP contribution >= 0.6 is 15.9 Å². The summed E-state index contributed by atoms with van der Waals surface area (Å²) in [6.07, 6.45) is 1.62. The fraction of sp³-hybridized carbons (Fsp3) is 0.188. The van der Waals surface area contributed by atoms with Crippen molar-refractivity contribution in [1.82, 2.24) is 0 Å². The van der Waals surface area contributed by atoms with E-state index in [1.165, 1.54) is 0 Å². The summed E-state index contributed by atoms with van der Waals surface area (Å²) in [6.45, 7) is 4.60. The fourth-order valence-electron chi connectivity index (χ4n) is 1.76. The summed E-state index contributed by atoms with van der Waals surface area (Å²) in [6, 6.07) is 10.9. The van der Waals surface area contributed by atoms with Crippen LogP contribution in [0.25, 0.3) is 0 Å². The summed E-state index contributed by atoms with van der Waals surface area (Å²) in [7, 11) is 0. The summed E-state index contributed by atoms with van der Waals surface area (Å²) >= 11 is 3.42. The molecule has 0 aliphatic heterocycles. The van der Waals surface area contributed by atoms with Crippen molar-refractivity contribution < 1.29 is 9.84 Å². The summed E-state index contributed by atoms with van der Waals surface area (Å²) in [5.41, 5.74) is 1.75. The Morgan fingerprint density at radius 2 is 2.05 bits per heavy atom. The fourth-order valence-corrected chi connectivity index (χ4v) is 2.13. The number of para-hydroxylation sites is 1. The molecule has 4 nitrogen and oxygen atoms in total. The Bertz CT molecular complexity index is 657. The Kier molecular flexibility index (Phi) is 5.22. The molecule has 2 rings (SSSR count). The van der Waals surface area contributed by atoms with Crippen LogP contribution in [-0.4, -0.2) is 18.0 Å². The van der Waals surface area contributed by atoms with E-state index < -0.39 is 0 Å². The molecule has 0 amide bonds. The zero-order valence-electron chi connectivity index (χ0n) is 11.9. The van der Waals surface area contributed by atoms with Crippen LogP contribution in [-0.2, 0) is 0 Å². The molecule has 0 bridgehead atoms. The zero-order chi connectivity index (χ0) is 15.2. The van der Waals surface area contributed by atoms with E-state index in [-0.39, 0.29) is 5.75 Å². The lowest BCUT2D eigenvalue weighted by Crippen LogP contribution is -1.98. The Hall–Kier alpha value is -2.01. The summed E-state index contributed by atoms with van der Waals surface area (Å²) in [5, 5.41) is 13.1. The molecule has 0 saturated heterocycles. The van der Waals surface area contributed by atoms with Crippen LogP contribution < -0.4 is 10.1 Å². The van der Waals surface area contributed by atoms with Crippen molar-refractivity contribution in [2.75, 3.05) is 11.9 Å². The second-order valence-electron chi connectivity index (χ2n) is 4.44. The topological polar surface area (TPSA) is 53.9 Å². The van der Waals surface area contributed by atoms with Gasteiger partial charge >= 0.3 is 0 Å². The standard InChI is InChI=1S/C16H17BrN2O2/c1-3-18-10-19-13-9-14(20)16(8-11(13)2)21-15-7-5-4-6-12(15)17/h4-10,20H,3H2,1-2H3,(H,18,19). The van der Waals surface area contributed by atoms with Crippen LogP contribution in [0.4, 0.5) is 5.69 Å². The largest absolute Gasteiger partial charge is 0.504 e. The second-order valence-corrected chi connectivity index (χ2v) is 5.29. The number of aromatic hydroxyl groups is 1. The highest BCUT2D eigenvalue weighted by molar-refractivity contribution is 9.10. The van der Waals surface area contributed by atoms with Gasteiger partial charge in [-0.15, -0.1) is 0 Å². The van der Waals surface area contributed by atoms with Gasteiger partial charge in [0, 0.05) is 18.3 Å². The number of halogens is 1. The van der Waals surface area contributed by atoms with Gasteiger partial charge in [-0.2, -0.15) is 0 Å². The van der Waals surface area contributed by atoms with Gasteiger partial charge in [0.25, 0.3) is 0 Å². The number of nitrogens with zero attached hydrogens (tertiary/aromatic N) is 1. The minimum absolute atomic E-state index is 0.0729. The molecular formula is C16H17BrN2O2. The number of nitrogens with one attached hydrogen (secondary N) is 1. The number of hydrogen-bond donors (Lipinski definition) is 2. The van der Waals surface area contributed by atoms with Gasteiger partial charge in [-0.3, -0.25) is 4.99 Å². The SMILES string of the molecule is CCN=CNc1cc(O)c(Oc2ccccc2Br)cc1C. The van der Waals surface area contributed by atoms with Crippen molar-refractivity contribution in [3.63, 3.8) is 0 Å². The molecule has 0 aliphatic rings. The predicted molar refractivity (Wildman–Crippen MR) is 89.7 cm³/mol. The lowest BCUT2D eigenvalue weighted by Gasteiger charge is -2.12. The number of phenolic OH excluding ortho intramolecular Hbond substituents is 1. The van der Waals surface area contributed by atoms with Crippen LogP contribution in [0.15, 0.2) is 45.9 Å². The van der Waals surface area contributed by atoms with Crippen LogP contribution in [0, 0.1) is 6.92 Å². The molecule has 2 N–H and O–H groups in total. The Morgan fingerprint density at radius 1 is 1.29 bits per heavy atom. The first-order chi connectivity index (χ1) is 10.1. The van der Waals surface area contributed by atoms with Gasteiger partial charge in [0.1, 0.15) is 5.75 Å². The van der Waals surface area contributed by atoms with E-state index in [1.807, 2.05) is 38.1 Å². The third-order valence-corrected chi connectivity index (χ3v) is 3.51. The van der Waals surface area contributed by atoms with Gasteiger partial charge in [-0.05, 0) is 53.5 Å². The molecule has 2 aromatic rings. The number of rotatable bonds is 5. The lowest BCUT2D eigenvalue weighted by molar-refractivity contribution is 0.410. The Morgan fingerprint density at radius 3 is 2.76 bits per heavy atom. The first kappa shape index (κ1) is 15.4. The number of phenols is 1. The van der Waals surface area contributed by atoms with Crippen molar-refractivity contribution in [1.29, 1.82) is 0 Å². The van der Waals surface area contributed by atoms with Crippen LogP contribution in [0.1, 0.15) is 12.5 Å². The van der Waals surface area contributed by atoms with Crippen molar-refractivity contribution in [3.8, 4) is 17.2 Å². The summed E-state index contributed by atoms with van der Waals surface area (Å²) in [4.78, 5) is 4.08. The Labute approximate surface area is 132 Å². The van der Waals surface area contributed by atoms with E-state index in [1.54, 1.807) is 18.5 Å². The van der Waals surface area contributed by atoms with Gasteiger partial charge in [-0.25, -0.2) is 0 Å². The second kappa shape index (κ2) is 7.13. The minimum Gasteiger partial charge on any atom is -0.504 e. The first-order valence-electron chi connectivity index (χ1n) is 6.62. The highest BCUT2D eigenvalue weighted by atomic mass is 79.9. The molecule has 5 heteroatoms. The Balaban J connectivity index is 2.24. The first-order valence-corrected chi connectivity index (χ1v) is 7.42. The number of hydrogen-bond acceptors (Lipinski definition) is 3. The number of aryl methyl sites for hydroxylation is 1. The van der Waals surface area contributed by atoms with Crippen molar-refractivity contribution in [3.05, 3.63) is 46.4 Å². The molecule has 110 valence electrons. The molecular weight excluding hydrogens is 332 g/mol. The van der Waals surface area contributed by atoms with Crippen LogP contribution in [0.5, 0.6) is 17.2 Å². The van der Waals surface area contributed by atoms with E-state index in [0.717, 1.165) is 15.7 Å². The van der Waals surface area contributed by atoms with Crippen LogP contribution in [0.3, 0.4) is 0 Å². The highest BCUT2D eigenvalue weighted by Crippen LogP contribution is 2.37. The van der Waals surface area contributed by atoms with E-state index in [0.29, 0.717) is 18.0 Å². The van der Waals surface area contributed by atoms with Gasteiger partial charge < -0.3 is 15.2 Å². The van der Waals surface area contributed by atoms with E-state index >= 15 is 0 Å². The number of ether oxygens (including phenoxy) is 1. The summed E-state index contributed by atoms with van der Waals surface area (Å²) in [5.74, 6) is 1.14. The minimum atomic E-state index is 0.0729. The highest BCUT2D eigenvalue weighted by Gasteiger charge is 2.10. The molecule has 0 fully saturated rings. The number of aliphatic imine (C=N–C) groups is 1. The molecule has 0 radical (unpaired) electrons. The van der Waals surface area contributed by atoms with E-state index in [2.05, 4.69) is 26.2 Å². The number of benzene rings is 2. The van der Waals surface area contributed by atoms with Crippen molar-refractivity contribution in [2.24, 2.45) is 4.99 Å². The van der Waals surface area contributed by atoms with Gasteiger partial charge in [-0.1, -0.05) is 12.1 Å². The maximum atomic E-state index is 10.1. The molecule has 0 unspecified atom stereocenters. The lowest BCUT2D eigenvalue weighted by atomic mass is 10.1. The van der Waals surface area contributed by atoms with Gasteiger partial charge in [0.05, 0.1) is 10.8 Å². The van der Waals surface area contributed by atoms with Crippen molar-refractivity contribution in [2.45, 2.75) is 13.8 Å². The molecule has 21 heavy (non-hydrogen) atoms. The third-order valence-electron chi connectivity index (χ3n) is 2.86. The quantitative estimate of drug-likeness (QED) is 0.607. The van der Waals surface area contributed by atoms with E-state index in [4.69, 9.17) is 4.74 Å². The third kappa shape index (κ3) is 3.98. The molecule has 0 saturated carbocycles. The smallest absolute Gasteiger partial charge is 0.169 e. The predicted octanol–water partition coefficient (Wildman–Crippen LogP) is 4.72. The zero-order valence-corrected chi connectivity index (χ0v) is 13.5. The summed E-state index contributed by atoms with van der Waals surface area (Å²) < 4.78 is 6.58. The van der Waals surface area contributed by atoms with Crippen molar-refractivity contribution >= 4 is 28.0 Å². The molecule has 0 atom stereocenters. The van der Waals surface area contributed by atoms with Crippen LogP contribution in [0.2, 0.25) is 0 Å². The molecule has 0 heterocycles. The molecule has 0 aliphatic carbocycles. The average Bonchev–Trinajstić information content (AvgIpc) is 2.46. The van der Waals surface area contributed by atoms with Gasteiger partial charge in [0.15, 0.2) is 11.5 Å². The normalized spacial score (nSPS) is 10.8. The molecule has 2 aromatic carbocycles. The number of anilines is 1. The van der Waals surface area contributed by atoms with E-state index in [9.17, 15) is 5.11 Å². The maximum absolute atomic E-state index is 10.1. The average molecular weight is 349 g/mol. The molecule has 0 aromatic heterocycles. The maximum Gasteiger partial charge on any atom is 0.169 e. The van der Waals surface area contributed by atoms with Gasteiger partial charge in [0.2, 0.25) is 0 Å². The molecule has 0 spiro atoms. The monoisotopic (exact) mass is 348 g/mol.